The van der Waals surface area contributed by atoms with Gasteiger partial charge in [0.25, 0.3) is 5.69 Å². The van der Waals surface area contributed by atoms with Crippen LogP contribution in [-0.4, -0.2) is 15.7 Å². The summed E-state index contributed by atoms with van der Waals surface area (Å²) in [5.74, 6) is -0.0731. The van der Waals surface area contributed by atoms with Crippen LogP contribution in [0.3, 0.4) is 0 Å². The summed E-state index contributed by atoms with van der Waals surface area (Å²) in [6.07, 6.45) is 3.51. The third-order valence-corrected chi connectivity index (χ3v) is 2.51. The van der Waals surface area contributed by atoms with Gasteiger partial charge in [-0.25, -0.2) is 0 Å². The summed E-state index contributed by atoms with van der Waals surface area (Å²) in [5, 5.41) is 10.5. The maximum atomic E-state index is 11.9. The number of pyridine rings is 1. The maximum absolute atomic E-state index is 11.9. The fourth-order valence-corrected chi connectivity index (χ4v) is 1.56. The molecule has 1 heterocycles. The van der Waals surface area contributed by atoms with Crippen LogP contribution in [0.5, 0.6) is 0 Å². The highest BCUT2D eigenvalue weighted by molar-refractivity contribution is 5.97. The Morgan fingerprint density at radius 3 is 2.28 bits per heavy atom. The molecule has 0 bridgehead atoms. The summed E-state index contributed by atoms with van der Waals surface area (Å²) in [5.41, 5.74) is 1.32. The van der Waals surface area contributed by atoms with Crippen molar-refractivity contribution in [2.24, 2.45) is 0 Å². The monoisotopic (exact) mass is 242 g/mol. The second kappa shape index (κ2) is 5.18. The average molecular weight is 242 g/mol. The number of aromatic nitrogens is 1. The first-order valence-corrected chi connectivity index (χ1v) is 5.33. The van der Waals surface area contributed by atoms with Crippen molar-refractivity contribution >= 4 is 11.5 Å². The fourth-order valence-electron chi connectivity index (χ4n) is 1.56. The van der Waals surface area contributed by atoms with Crippen LogP contribution in [0.1, 0.15) is 15.9 Å². The van der Waals surface area contributed by atoms with Crippen molar-refractivity contribution in [3.8, 4) is 0 Å². The Hall–Kier alpha value is -2.56. The molecular formula is C13H10N2O3. The van der Waals surface area contributed by atoms with Gasteiger partial charge in [-0.05, 0) is 29.8 Å². The number of benzene rings is 1. The molecule has 0 amide bonds. The van der Waals surface area contributed by atoms with E-state index < -0.39 is 4.92 Å². The molecule has 0 saturated carbocycles. The van der Waals surface area contributed by atoms with E-state index in [0.717, 1.165) is 5.56 Å². The number of hydrogen-bond donors (Lipinski definition) is 0. The molecule has 0 atom stereocenters. The number of nitro groups is 1. The van der Waals surface area contributed by atoms with Crippen LogP contribution in [0.2, 0.25) is 0 Å². The summed E-state index contributed by atoms with van der Waals surface area (Å²) in [6, 6.07) is 9.15. The number of ketones is 1. The van der Waals surface area contributed by atoms with Gasteiger partial charge in [0.05, 0.1) is 4.92 Å². The molecular weight excluding hydrogens is 232 g/mol. The zero-order valence-electron chi connectivity index (χ0n) is 9.45. The highest BCUT2D eigenvalue weighted by Crippen LogP contribution is 2.13. The molecule has 1 aromatic carbocycles. The Kier molecular flexibility index (Phi) is 3.43. The third kappa shape index (κ3) is 2.76. The Morgan fingerprint density at radius 2 is 1.72 bits per heavy atom. The molecule has 90 valence electrons. The number of Topliss-reactive ketones (excluding diaryl/α,β-unsaturated/α-hetero) is 1. The van der Waals surface area contributed by atoms with Crippen molar-refractivity contribution < 1.29 is 9.72 Å². The number of hydrogen-bond acceptors (Lipinski definition) is 4. The number of nitro benzene ring substituents is 1. The summed E-state index contributed by atoms with van der Waals surface area (Å²) >= 11 is 0. The predicted molar refractivity (Wildman–Crippen MR) is 65.4 cm³/mol. The topological polar surface area (TPSA) is 73.1 Å². The van der Waals surface area contributed by atoms with Crippen molar-refractivity contribution in [1.82, 2.24) is 4.98 Å². The molecule has 1 aromatic heterocycles. The lowest BCUT2D eigenvalue weighted by atomic mass is 10.0. The first-order chi connectivity index (χ1) is 8.66. The van der Waals surface area contributed by atoms with Crippen LogP contribution in [-0.2, 0) is 6.42 Å². The molecule has 0 aliphatic carbocycles. The maximum Gasteiger partial charge on any atom is 0.269 e. The van der Waals surface area contributed by atoms with E-state index in [-0.39, 0.29) is 17.9 Å². The number of non-ortho nitro benzene ring substituents is 1. The van der Waals surface area contributed by atoms with Crippen molar-refractivity contribution in [3.05, 3.63) is 70.0 Å². The van der Waals surface area contributed by atoms with Gasteiger partial charge in [-0.1, -0.05) is 0 Å². The summed E-state index contributed by atoms with van der Waals surface area (Å²) in [7, 11) is 0. The Labute approximate surface area is 103 Å². The molecule has 0 spiro atoms. The van der Waals surface area contributed by atoms with Gasteiger partial charge in [-0.3, -0.25) is 19.9 Å². The van der Waals surface area contributed by atoms with Crippen molar-refractivity contribution in [2.75, 3.05) is 0 Å². The molecule has 0 unspecified atom stereocenters. The SMILES string of the molecule is O=C(Cc1ccncc1)c1ccc([N+](=O)[O-])cc1. The van der Waals surface area contributed by atoms with Gasteiger partial charge in [0.2, 0.25) is 0 Å². The van der Waals surface area contributed by atoms with E-state index in [1.54, 1.807) is 24.5 Å². The van der Waals surface area contributed by atoms with Gasteiger partial charge in [-0.2, -0.15) is 0 Å². The largest absolute Gasteiger partial charge is 0.294 e. The van der Waals surface area contributed by atoms with Crippen LogP contribution in [0.25, 0.3) is 0 Å². The number of carbonyl (C=O) groups is 1. The lowest BCUT2D eigenvalue weighted by Crippen LogP contribution is -2.03. The van der Waals surface area contributed by atoms with Crippen molar-refractivity contribution in [2.45, 2.75) is 6.42 Å². The van der Waals surface area contributed by atoms with Gasteiger partial charge < -0.3 is 0 Å². The van der Waals surface area contributed by atoms with Gasteiger partial charge in [0.1, 0.15) is 0 Å². The van der Waals surface area contributed by atoms with Crippen molar-refractivity contribution in [3.63, 3.8) is 0 Å². The third-order valence-electron chi connectivity index (χ3n) is 2.51. The van der Waals surface area contributed by atoms with Crippen LogP contribution in [0, 0.1) is 10.1 Å². The number of nitrogens with zero attached hydrogens (tertiary/aromatic N) is 2. The average Bonchev–Trinajstić information content (AvgIpc) is 2.40. The minimum Gasteiger partial charge on any atom is -0.294 e. The van der Waals surface area contributed by atoms with E-state index in [1.165, 1.54) is 24.3 Å². The number of carbonyl (C=O) groups excluding carboxylic acids is 1. The molecule has 0 saturated heterocycles. The van der Waals surface area contributed by atoms with E-state index in [0.29, 0.717) is 5.56 Å². The second-order valence-electron chi connectivity index (χ2n) is 3.76. The first kappa shape index (κ1) is 11.9. The standard InChI is InChI=1S/C13H10N2O3/c16-13(9-10-5-7-14-8-6-10)11-1-3-12(4-2-11)15(17)18/h1-8H,9H2. The smallest absolute Gasteiger partial charge is 0.269 e. The second-order valence-corrected chi connectivity index (χ2v) is 3.76. The molecule has 5 heteroatoms. The summed E-state index contributed by atoms with van der Waals surface area (Å²) < 4.78 is 0. The normalized spacial score (nSPS) is 10.0. The van der Waals surface area contributed by atoms with E-state index in [2.05, 4.69) is 4.98 Å². The van der Waals surface area contributed by atoms with E-state index in [4.69, 9.17) is 0 Å². The molecule has 2 aromatic rings. The van der Waals surface area contributed by atoms with Gasteiger partial charge in [-0.15, -0.1) is 0 Å². The van der Waals surface area contributed by atoms with Crippen LogP contribution >= 0.6 is 0 Å². The van der Waals surface area contributed by atoms with Gasteiger partial charge in [0, 0.05) is 36.5 Å². The van der Waals surface area contributed by atoms with Gasteiger partial charge in [0.15, 0.2) is 5.78 Å². The van der Waals surface area contributed by atoms with E-state index in [1.807, 2.05) is 0 Å². The first-order valence-electron chi connectivity index (χ1n) is 5.33. The zero-order chi connectivity index (χ0) is 13.0. The number of rotatable bonds is 4. The lowest BCUT2D eigenvalue weighted by molar-refractivity contribution is -0.384. The highest BCUT2D eigenvalue weighted by atomic mass is 16.6. The molecule has 0 aliphatic heterocycles. The molecule has 18 heavy (non-hydrogen) atoms. The van der Waals surface area contributed by atoms with Crippen LogP contribution < -0.4 is 0 Å². The van der Waals surface area contributed by atoms with Crippen LogP contribution in [0.15, 0.2) is 48.8 Å². The fraction of sp³-hybridized carbons (Fsp3) is 0.0769. The Morgan fingerprint density at radius 1 is 1.11 bits per heavy atom. The van der Waals surface area contributed by atoms with Crippen molar-refractivity contribution in [1.29, 1.82) is 0 Å². The predicted octanol–water partition coefficient (Wildman–Crippen LogP) is 2.42. The molecule has 0 fully saturated rings. The van der Waals surface area contributed by atoms with Crippen LogP contribution in [0.4, 0.5) is 5.69 Å². The highest BCUT2D eigenvalue weighted by Gasteiger charge is 2.09. The summed E-state index contributed by atoms with van der Waals surface area (Å²) in [4.78, 5) is 25.8. The van der Waals surface area contributed by atoms with E-state index >= 15 is 0 Å². The zero-order valence-corrected chi connectivity index (χ0v) is 9.45. The summed E-state index contributed by atoms with van der Waals surface area (Å²) in [6.45, 7) is 0. The molecule has 2 rings (SSSR count). The quantitative estimate of drug-likeness (QED) is 0.469. The Bertz CT molecular complexity index is 565. The lowest BCUT2D eigenvalue weighted by Gasteiger charge is -2.01. The minimum atomic E-state index is -0.489. The molecule has 0 aliphatic rings. The molecule has 5 nitrogen and oxygen atoms in total. The van der Waals surface area contributed by atoms with Gasteiger partial charge >= 0.3 is 0 Å². The molecule has 0 radical (unpaired) electrons. The Balaban J connectivity index is 2.12. The van der Waals surface area contributed by atoms with E-state index in [9.17, 15) is 14.9 Å². The molecule has 0 N–H and O–H groups in total. The minimum absolute atomic E-state index is 0.0181.